The molecule has 4 aromatic rings. The van der Waals surface area contributed by atoms with E-state index in [0.29, 0.717) is 23.8 Å². The van der Waals surface area contributed by atoms with Gasteiger partial charge in [-0.05, 0) is 31.3 Å². The molecule has 10 nitrogen and oxygen atoms in total. The van der Waals surface area contributed by atoms with Crippen molar-refractivity contribution in [2.75, 3.05) is 43.5 Å². The van der Waals surface area contributed by atoms with Crippen LogP contribution in [0.15, 0.2) is 48.7 Å². The van der Waals surface area contributed by atoms with Gasteiger partial charge in [-0.2, -0.15) is 5.10 Å². The number of hydrogen-bond acceptors (Lipinski definition) is 7. The van der Waals surface area contributed by atoms with Gasteiger partial charge in [0.15, 0.2) is 11.6 Å². The number of hydrogen-bond donors (Lipinski definition) is 3. The molecule has 170 valence electrons. The van der Waals surface area contributed by atoms with Crippen molar-refractivity contribution in [3.05, 3.63) is 54.2 Å². The van der Waals surface area contributed by atoms with Gasteiger partial charge >= 0.3 is 0 Å². The first kappa shape index (κ1) is 21.1. The summed E-state index contributed by atoms with van der Waals surface area (Å²) in [7, 11) is 3.82. The molecule has 1 saturated heterocycles. The Morgan fingerprint density at radius 1 is 1.21 bits per heavy atom. The first-order chi connectivity index (χ1) is 16.0. The highest BCUT2D eigenvalue weighted by atomic mass is 16.3. The van der Waals surface area contributed by atoms with E-state index in [-0.39, 0.29) is 18.6 Å². The number of fused-ring (bicyclic) bond motifs is 1. The van der Waals surface area contributed by atoms with Gasteiger partial charge in [-0.25, -0.2) is 9.97 Å². The molecule has 4 heterocycles. The maximum Gasteiger partial charge on any atom is 0.258 e. The van der Waals surface area contributed by atoms with Gasteiger partial charge in [0.2, 0.25) is 0 Å². The molecule has 3 aromatic heterocycles. The van der Waals surface area contributed by atoms with Gasteiger partial charge in [0.1, 0.15) is 11.5 Å². The fraction of sp³-hybridized carbons (Fsp3) is 0.304. The number of aryl methyl sites for hydroxylation is 1. The second kappa shape index (κ2) is 8.64. The Balaban J connectivity index is 1.28. The van der Waals surface area contributed by atoms with Crippen molar-refractivity contribution < 1.29 is 9.90 Å². The van der Waals surface area contributed by atoms with Crippen LogP contribution in [0.2, 0.25) is 0 Å². The molecule has 1 aromatic carbocycles. The summed E-state index contributed by atoms with van der Waals surface area (Å²) in [5.41, 5.74) is 3.03. The Morgan fingerprint density at radius 2 is 2.06 bits per heavy atom. The van der Waals surface area contributed by atoms with Gasteiger partial charge in [-0.1, -0.05) is 12.1 Å². The van der Waals surface area contributed by atoms with E-state index in [1.165, 1.54) is 0 Å². The third-order valence-electron chi connectivity index (χ3n) is 6.08. The Labute approximate surface area is 190 Å². The van der Waals surface area contributed by atoms with Crippen molar-refractivity contribution in [1.82, 2.24) is 29.6 Å². The maximum atomic E-state index is 12.8. The van der Waals surface area contributed by atoms with Crippen molar-refractivity contribution in [1.29, 1.82) is 0 Å². The number of aliphatic hydroxyl groups excluding tert-OH is 1. The number of carbonyl (C=O) groups is 1. The number of amides is 1. The van der Waals surface area contributed by atoms with E-state index in [1.807, 2.05) is 44.4 Å². The molecule has 0 saturated carbocycles. The normalized spacial score (nSPS) is 16.9. The van der Waals surface area contributed by atoms with Crippen LogP contribution in [0.25, 0.3) is 22.6 Å². The molecule has 1 aliphatic rings. The standard InChI is InChI=1S/C23H26N8O2/c1-29-9-10-31(13-16(29)14-32)21-8-7-15(12-24-21)23(33)27-20-11-19(30(2)28-20)22-25-17-5-3-4-6-18(17)26-22/h3-8,11-12,16,32H,9-10,13-14H2,1-2H3,(H,25,26)(H,27,28,33). The molecule has 5 rings (SSSR count). The third-order valence-corrected chi connectivity index (χ3v) is 6.08. The van der Waals surface area contributed by atoms with Gasteiger partial charge in [0.05, 0.1) is 29.2 Å². The van der Waals surface area contributed by atoms with E-state index in [2.05, 4.69) is 35.2 Å². The topological polar surface area (TPSA) is 115 Å². The number of imidazole rings is 1. The number of piperazine rings is 1. The summed E-state index contributed by atoms with van der Waals surface area (Å²) in [6, 6.07) is 13.3. The summed E-state index contributed by atoms with van der Waals surface area (Å²) < 4.78 is 1.68. The molecule has 0 bridgehead atoms. The van der Waals surface area contributed by atoms with Crippen molar-refractivity contribution >= 4 is 28.6 Å². The largest absolute Gasteiger partial charge is 0.395 e. The number of likely N-dealkylation sites (N-methyl/N-ethyl adjacent to an activating group) is 1. The summed E-state index contributed by atoms with van der Waals surface area (Å²) in [5.74, 6) is 1.64. The van der Waals surface area contributed by atoms with Crippen LogP contribution >= 0.6 is 0 Å². The predicted molar refractivity (Wildman–Crippen MR) is 126 cm³/mol. The molecular formula is C23H26N8O2. The fourth-order valence-electron chi connectivity index (χ4n) is 4.07. The molecule has 33 heavy (non-hydrogen) atoms. The minimum Gasteiger partial charge on any atom is -0.395 e. The zero-order valence-electron chi connectivity index (χ0n) is 18.6. The van der Waals surface area contributed by atoms with Crippen LogP contribution in [0.5, 0.6) is 0 Å². The van der Waals surface area contributed by atoms with Crippen LogP contribution in [0.1, 0.15) is 10.4 Å². The number of pyridine rings is 1. The molecule has 10 heteroatoms. The number of para-hydroxylation sites is 2. The molecule has 1 fully saturated rings. The predicted octanol–water partition coefficient (Wildman–Crippen LogP) is 1.72. The number of benzene rings is 1. The van der Waals surface area contributed by atoms with Crippen molar-refractivity contribution in [2.24, 2.45) is 7.05 Å². The Morgan fingerprint density at radius 3 is 2.82 bits per heavy atom. The minimum atomic E-state index is -0.282. The highest BCUT2D eigenvalue weighted by molar-refractivity contribution is 6.03. The van der Waals surface area contributed by atoms with Gasteiger partial charge < -0.3 is 20.3 Å². The number of carbonyl (C=O) groups excluding carboxylic acids is 1. The third kappa shape index (κ3) is 4.18. The van der Waals surface area contributed by atoms with E-state index in [1.54, 1.807) is 23.0 Å². The van der Waals surface area contributed by atoms with Crippen LogP contribution < -0.4 is 10.2 Å². The van der Waals surface area contributed by atoms with Crippen LogP contribution in [-0.2, 0) is 7.05 Å². The lowest BCUT2D eigenvalue weighted by Crippen LogP contribution is -2.53. The average molecular weight is 447 g/mol. The number of aromatic amines is 1. The zero-order chi connectivity index (χ0) is 22.9. The number of nitrogens with zero attached hydrogens (tertiary/aromatic N) is 6. The summed E-state index contributed by atoms with van der Waals surface area (Å²) in [6.07, 6.45) is 1.57. The van der Waals surface area contributed by atoms with Crippen molar-refractivity contribution in [3.63, 3.8) is 0 Å². The first-order valence-corrected chi connectivity index (χ1v) is 10.8. The smallest absolute Gasteiger partial charge is 0.258 e. The molecular weight excluding hydrogens is 420 g/mol. The number of rotatable bonds is 5. The van der Waals surface area contributed by atoms with E-state index in [4.69, 9.17) is 0 Å². The highest BCUT2D eigenvalue weighted by Crippen LogP contribution is 2.23. The molecule has 0 aliphatic carbocycles. The van der Waals surface area contributed by atoms with Gasteiger partial charge in [0, 0.05) is 38.9 Å². The van der Waals surface area contributed by atoms with Gasteiger partial charge in [-0.15, -0.1) is 0 Å². The number of anilines is 2. The highest BCUT2D eigenvalue weighted by Gasteiger charge is 2.24. The summed E-state index contributed by atoms with van der Waals surface area (Å²) >= 11 is 0. The van der Waals surface area contributed by atoms with E-state index in [9.17, 15) is 9.90 Å². The van der Waals surface area contributed by atoms with E-state index < -0.39 is 0 Å². The molecule has 0 radical (unpaired) electrons. The van der Waals surface area contributed by atoms with Crippen LogP contribution in [0.3, 0.4) is 0 Å². The van der Waals surface area contributed by atoms with E-state index >= 15 is 0 Å². The Kier molecular flexibility index (Phi) is 5.53. The van der Waals surface area contributed by atoms with Crippen LogP contribution in [-0.4, -0.2) is 80.0 Å². The molecule has 1 aliphatic heterocycles. The zero-order valence-corrected chi connectivity index (χ0v) is 18.6. The van der Waals surface area contributed by atoms with Gasteiger partial charge in [-0.3, -0.25) is 14.4 Å². The Bertz CT molecular complexity index is 1250. The second-order valence-corrected chi connectivity index (χ2v) is 8.26. The van der Waals surface area contributed by atoms with Crippen LogP contribution in [0.4, 0.5) is 11.6 Å². The summed E-state index contributed by atoms with van der Waals surface area (Å²) in [6.45, 7) is 2.48. The number of aromatic nitrogens is 5. The Hall–Kier alpha value is -3.76. The first-order valence-electron chi connectivity index (χ1n) is 10.8. The van der Waals surface area contributed by atoms with Crippen LogP contribution in [0, 0.1) is 0 Å². The van der Waals surface area contributed by atoms with Crippen molar-refractivity contribution in [3.8, 4) is 11.5 Å². The lowest BCUT2D eigenvalue weighted by atomic mass is 10.2. The fourth-order valence-corrected chi connectivity index (χ4v) is 4.07. The molecule has 3 N–H and O–H groups in total. The summed E-state index contributed by atoms with van der Waals surface area (Å²) in [5, 5.41) is 16.8. The monoisotopic (exact) mass is 446 g/mol. The van der Waals surface area contributed by atoms with Crippen molar-refractivity contribution in [2.45, 2.75) is 6.04 Å². The summed E-state index contributed by atoms with van der Waals surface area (Å²) in [4.78, 5) is 29.4. The average Bonchev–Trinajstić information content (AvgIpc) is 3.42. The van der Waals surface area contributed by atoms with E-state index in [0.717, 1.165) is 35.6 Å². The number of aliphatic hydroxyl groups is 1. The molecule has 1 amide bonds. The molecule has 1 unspecified atom stereocenters. The SMILES string of the molecule is CN1CCN(c2ccc(C(=O)Nc3cc(-c4nc5ccccc5[nH]4)n(C)n3)cn2)CC1CO. The lowest BCUT2D eigenvalue weighted by Gasteiger charge is -2.39. The van der Waals surface area contributed by atoms with Gasteiger partial charge in [0.25, 0.3) is 5.91 Å². The number of nitrogens with one attached hydrogen (secondary N) is 2. The quantitative estimate of drug-likeness (QED) is 0.428. The number of H-pyrrole nitrogens is 1. The minimum absolute atomic E-state index is 0.0774. The second-order valence-electron chi connectivity index (χ2n) is 8.26. The molecule has 0 spiro atoms. The lowest BCUT2D eigenvalue weighted by molar-refractivity contribution is 0.102. The molecule has 1 atom stereocenters. The maximum absolute atomic E-state index is 12.8.